The van der Waals surface area contributed by atoms with Gasteiger partial charge in [0.25, 0.3) is 11.6 Å². The van der Waals surface area contributed by atoms with Gasteiger partial charge < -0.3 is 10.6 Å². The third-order valence-electron chi connectivity index (χ3n) is 3.38. The summed E-state index contributed by atoms with van der Waals surface area (Å²) in [6.07, 6.45) is 1.94. The number of hydrogen-bond acceptors (Lipinski definition) is 5. The van der Waals surface area contributed by atoms with Gasteiger partial charge in [-0.05, 0) is 25.3 Å². The van der Waals surface area contributed by atoms with Crippen LogP contribution in [0.4, 0.5) is 11.5 Å². The van der Waals surface area contributed by atoms with Crippen LogP contribution in [0.1, 0.15) is 30.6 Å². The first-order chi connectivity index (χ1) is 8.90. The minimum Gasteiger partial charge on any atom is -0.384 e. The second kappa shape index (κ2) is 4.83. The first kappa shape index (κ1) is 13.3. The van der Waals surface area contributed by atoms with E-state index in [0.717, 1.165) is 12.6 Å². The molecule has 1 aliphatic rings. The van der Waals surface area contributed by atoms with Crippen molar-refractivity contribution in [3.05, 3.63) is 27.9 Å². The summed E-state index contributed by atoms with van der Waals surface area (Å²) >= 11 is 0. The van der Waals surface area contributed by atoms with E-state index in [1.54, 1.807) is 4.90 Å². The molecule has 102 valence electrons. The number of pyridine rings is 1. The summed E-state index contributed by atoms with van der Waals surface area (Å²) in [5.41, 5.74) is 5.23. The number of amides is 1. The van der Waals surface area contributed by atoms with E-state index in [2.05, 4.69) is 11.9 Å². The van der Waals surface area contributed by atoms with Gasteiger partial charge in [0.2, 0.25) is 0 Å². The standard InChI is InChI=1S/C12H16N4O3/c1-7-3-8(2)15(6-7)12(17)9-4-11(13)14-5-10(9)16(18)19/h4-5,7-8H,3,6H2,1-2H3,(H2,13,14). The molecule has 0 bridgehead atoms. The van der Waals surface area contributed by atoms with Gasteiger partial charge in [0.15, 0.2) is 0 Å². The van der Waals surface area contributed by atoms with Gasteiger partial charge in [-0.15, -0.1) is 0 Å². The Balaban J connectivity index is 2.38. The molecule has 0 radical (unpaired) electrons. The van der Waals surface area contributed by atoms with Gasteiger partial charge in [-0.3, -0.25) is 14.9 Å². The zero-order valence-electron chi connectivity index (χ0n) is 10.9. The minimum absolute atomic E-state index is 0.0125. The number of nitrogen functional groups attached to an aromatic ring is 1. The zero-order chi connectivity index (χ0) is 14.2. The first-order valence-electron chi connectivity index (χ1n) is 6.11. The molecule has 1 aliphatic heterocycles. The van der Waals surface area contributed by atoms with Crippen LogP contribution in [-0.2, 0) is 0 Å². The molecule has 0 saturated carbocycles. The molecule has 2 heterocycles. The van der Waals surface area contributed by atoms with Gasteiger partial charge in [0, 0.05) is 12.6 Å². The quantitative estimate of drug-likeness (QED) is 0.643. The van der Waals surface area contributed by atoms with E-state index in [9.17, 15) is 14.9 Å². The van der Waals surface area contributed by atoms with Crippen molar-refractivity contribution >= 4 is 17.4 Å². The average molecular weight is 264 g/mol. The third-order valence-corrected chi connectivity index (χ3v) is 3.38. The molecule has 2 unspecified atom stereocenters. The normalized spacial score (nSPS) is 22.5. The molecule has 7 nitrogen and oxygen atoms in total. The lowest BCUT2D eigenvalue weighted by Crippen LogP contribution is -2.34. The Morgan fingerprint density at radius 3 is 2.79 bits per heavy atom. The van der Waals surface area contributed by atoms with Gasteiger partial charge >= 0.3 is 0 Å². The molecule has 0 aliphatic carbocycles. The fourth-order valence-corrected chi connectivity index (χ4v) is 2.52. The summed E-state index contributed by atoms with van der Waals surface area (Å²) in [5.74, 6) is 0.156. The van der Waals surface area contributed by atoms with Crippen molar-refractivity contribution in [1.82, 2.24) is 9.88 Å². The van der Waals surface area contributed by atoms with E-state index in [4.69, 9.17) is 5.73 Å². The fraction of sp³-hybridized carbons (Fsp3) is 0.500. The van der Waals surface area contributed by atoms with Crippen molar-refractivity contribution in [2.45, 2.75) is 26.3 Å². The van der Waals surface area contributed by atoms with Gasteiger partial charge in [-0.2, -0.15) is 0 Å². The Kier molecular flexibility index (Phi) is 3.37. The van der Waals surface area contributed by atoms with Gasteiger partial charge in [-0.25, -0.2) is 4.98 Å². The number of carbonyl (C=O) groups excluding carboxylic acids is 1. The summed E-state index contributed by atoms with van der Waals surface area (Å²) in [4.78, 5) is 28.1. The molecule has 7 heteroatoms. The molecule has 19 heavy (non-hydrogen) atoms. The molecule has 0 spiro atoms. The van der Waals surface area contributed by atoms with Crippen LogP contribution in [0.25, 0.3) is 0 Å². The van der Waals surface area contributed by atoms with Crippen molar-refractivity contribution in [2.75, 3.05) is 12.3 Å². The van der Waals surface area contributed by atoms with E-state index < -0.39 is 4.92 Å². The second-order valence-corrected chi connectivity index (χ2v) is 5.03. The Labute approximate surface area is 110 Å². The van der Waals surface area contributed by atoms with Crippen molar-refractivity contribution < 1.29 is 9.72 Å². The van der Waals surface area contributed by atoms with Crippen LogP contribution in [0.3, 0.4) is 0 Å². The topological polar surface area (TPSA) is 102 Å². The third kappa shape index (κ3) is 2.49. The molecule has 1 amide bonds. The Morgan fingerprint density at radius 1 is 1.58 bits per heavy atom. The fourth-order valence-electron chi connectivity index (χ4n) is 2.52. The van der Waals surface area contributed by atoms with Gasteiger partial charge in [0.05, 0.1) is 4.92 Å². The SMILES string of the molecule is CC1CC(C)N(C(=O)c2cc(N)ncc2[N+](=O)[O-])C1. The highest BCUT2D eigenvalue weighted by Crippen LogP contribution is 2.27. The van der Waals surface area contributed by atoms with Crippen molar-refractivity contribution in [1.29, 1.82) is 0 Å². The molecule has 0 aromatic carbocycles. The molecule has 2 rings (SSSR count). The number of likely N-dealkylation sites (tertiary alicyclic amines) is 1. The summed E-state index contributed by atoms with van der Waals surface area (Å²) in [7, 11) is 0. The maximum Gasteiger partial charge on any atom is 0.300 e. The van der Waals surface area contributed by atoms with Crippen LogP contribution < -0.4 is 5.73 Å². The Bertz CT molecular complexity index is 532. The molecular formula is C12H16N4O3. The average Bonchev–Trinajstić information content (AvgIpc) is 2.67. The molecule has 1 aromatic heterocycles. The molecule has 2 N–H and O–H groups in total. The van der Waals surface area contributed by atoms with E-state index in [0.29, 0.717) is 12.5 Å². The highest BCUT2D eigenvalue weighted by atomic mass is 16.6. The number of nitrogens with zero attached hydrogens (tertiary/aromatic N) is 3. The number of carbonyl (C=O) groups is 1. The largest absolute Gasteiger partial charge is 0.384 e. The van der Waals surface area contributed by atoms with Crippen molar-refractivity contribution in [3.63, 3.8) is 0 Å². The van der Waals surface area contributed by atoms with Crippen LogP contribution in [0.15, 0.2) is 12.3 Å². The van der Waals surface area contributed by atoms with Gasteiger partial charge in [-0.1, -0.05) is 6.92 Å². The van der Waals surface area contributed by atoms with Crippen LogP contribution in [0.5, 0.6) is 0 Å². The number of aromatic nitrogens is 1. The van der Waals surface area contributed by atoms with Crippen LogP contribution >= 0.6 is 0 Å². The number of nitrogens with two attached hydrogens (primary N) is 1. The molecule has 1 saturated heterocycles. The maximum atomic E-state index is 12.4. The molecule has 1 fully saturated rings. The van der Waals surface area contributed by atoms with Crippen molar-refractivity contribution in [3.8, 4) is 0 Å². The predicted octanol–water partition coefficient (Wildman–Crippen LogP) is 1.44. The summed E-state index contributed by atoms with van der Waals surface area (Å²) < 4.78 is 0. The Morgan fingerprint density at radius 2 is 2.26 bits per heavy atom. The number of anilines is 1. The van der Waals surface area contributed by atoms with E-state index in [1.807, 2.05) is 6.92 Å². The number of rotatable bonds is 2. The molecular weight excluding hydrogens is 248 g/mol. The van der Waals surface area contributed by atoms with E-state index >= 15 is 0 Å². The first-order valence-corrected chi connectivity index (χ1v) is 6.11. The van der Waals surface area contributed by atoms with Crippen LogP contribution in [0.2, 0.25) is 0 Å². The van der Waals surface area contributed by atoms with Crippen LogP contribution in [0, 0.1) is 16.0 Å². The van der Waals surface area contributed by atoms with Crippen LogP contribution in [-0.4, -0.2) is 33.3 Å². The Hall–Kier alpha value is -2.18. The lowest BCUT2D eigenvalue weighted by molar-refractivity contribution is -0.385. The molecule has 2 atom stereocenters. The van der Waals surface area contributed by atoms with E-state index in [1.165, 1.54) is 6.07 Å². The lowest BCUT2D eigenvalue weighted by atomic mass is 10.1. The maximum absolute atomic E-state index is 12.4. The van der Waals surface area contributed by atoms with E-state index in [-0.39, 0.29) is 29.0 Å². The second-order valence-electron chi connectivity index (χ2n) is 5.03. The number of hydrogen-bond donors (Lipinski definition) is 1. The minimum atomic E-state index is -0.607. The monoisotopic (exact) mass is 264 g/mol. The smallest absolute Gasteiger partial charge is 0.300 e. The lowest BCUT2D eigenvalue weighted by Gasteiger charge is -2.21. The predicted molar refractivity (Wildman–Crippen MR) is 69.6 cm³/mol. The number of nitro groups is 1. The summed E-state index contributed by atoms with van der Waals surface area (Å²) in [6.45, 7) is 4.61. The van der Waals surface area contributed by atoms with Gasteiger partial charge in [0.1, 0.15) is 17.6 Å². The van der Waals surface area contributed by atoms with Crippen molar-refractivity contribution in [2.24, 2.45) is 5.92 Å². The molecule has 1 aromatic rings. The highest BCUT2D eigenvalue weighted by Gasteiger charge is 2.33. The summed E-state index contributed by atoms with van der Waals surface area (Å²) in [6, 6.07) is 1.35. The zero-order valence-corrected chi connectivity index (χ0v) is 10.9. The summed E-state index contributed by atoms with van der Waals surface area (Å²) in [5, 5.41) is 11.0. The highest BCUT2D eigenvalue weighted by molar-refractivity contribution is 5.99.